The van der Waals surface area contributed by atoms with E-state index in [1.165, 1.54) is 31.0 Å². The number of hydrogen-bond acceptors (Lipinski definition) is 15. The lowest BCUT2D eigenvalue weighted by Crippen LogP contribution is -2.18. The van der Waals surface area contributed by atoms with Crippen LogP contribution in [-0.4, -0.2) is 111 Å². The molecule has 18 nitrogen and oxygen atoms in total. The van der Waals surface area contributed by atoms with Crippen molar-refractivity contribution in [2.75, 3.05) is 21.1 Å². The van der Waals surface area contributed by atoms with Gasteiger partial charge < -0.3 is 15.3 Å². The molecule has 0 aliphatic heterocycles. The van der Waals surface area contributed by atoms with Crippen molar-refractivity contribution in [2.24, 2.45) is 0 Å². The monoisotopic (exact) mass is 1180 g/mol. The quantitative estimate of drug-likeness (QED) is 0.0573. The standard InChI is InChI=1S/C19H23Cl2N5O.C18H21Cl2N5O.C17H19Cl2N5O/c1-3-4-5-8-26-12-14(23-24-26)11-25(2)10-13-6-7-15-16(20)9-17(21)19(27)18(15)22-13;1-3-4-7-25-11-13(22-23-25)10-24(2)9-12-5-6-14-15(19)8-16(20)18(26)17(14)21-12;1-3-6-24-10-12(21-22-24)9-23(2)8-11-4-5-13-14(18)7-15(19)17(25)16(13)20-11/h6-7,9,12,27H,3-5,8,10-11H2,1-2H3;5-6,8,11,26H,3-4,7,9-10H2,1-2H3;4-5,7,10,25H,3,6,8-9H2,1-2H3. The van der Waals surface area contributed by atoms with Crippen LogP contribution < -0.4 is 0 Å². The fraction of sp³-hybridized carbons (Fsp3) is 0.389. The van der Waals surface area contributed by atoms with Gasteiger partial charge in [0.15, 0.2) is 17.2 Å². The van der Waals surface area contributed by atoms with E-state index in [0.29, 0.717) is 87.0 Å². The van der Waals surface area contributed by atoms with Gasteiger partial charge in [0.05, 0.1) is 64.3 Å². The summed E-state index contributed by atoms with van der Waals surface area (Å²) in [6.07, 6.45) is 12.7. The van der Waals surface area contributed by atoms with E-state index in [1.54, 1.807) is 0 Å². The molecule has 0 saturated carbocycles. The topological polar surface area (TPSA) is 201 Å². The van der Waals surface area contributed by atoms with Crippen molar-refractivity contribution >= 4 is 102 Å². The number of phenols is 3. The maximum absolute atomic E-state index is 10.2. The number of unbranched alkanes of at least 4 members (excludes halogenated alkanes) is 3. The first-order valence-corrected chi connectivity index (χ1v) is 27.8. The van der Waals surface area contributed by atoms with Gasteiger partial charge in [-0.15, -0.1) is 15.3 Å². The summed E-state index contributed by atoms with van der Waals surface area (Å²) in [6, 6.07) is 15.8. The first kappa shape index (κ1) is 60.0. The zero-order valence-electron chi connectivity index (χ0n) is 44.4. The molecule has 6 aromatic heterocycles. The molecule has 0 saturated heterocycles. The number of nitrogens with zero attached hydrogens (tertiary/aromatic N) is 15. The predicted octanol–water partition coefficient (Wildman–Crippen LogP) is 12.8. The molecule has 9 rings (SSSR count). The number of halogens is 6. The van der Waals surface area contributed by atoms with Crippen molar-refractivity contribution in [1.82, 2.24) is 74.6 Å². The minimum Gasteiger partial charge on any atom is -0.504 e. The van der Waals surface area contributed by atoms with Gasteiger partial charge in [0.2, 0.25) is 0 Å². The van der Waals surface area contributed by atoms with Gasteiger partial charge in [0.1, 0.15) is 16.6 Å². The molecule has 78 heavy (non-hydrogen) atoms. The molecule has 0 fully saturated rings. The molecule has 0 aliphatic rings. The maximum atomic E-state index is 10.2. The average molecular weight is 1180 g/mol. The Bertz CT molecular complexity index is 3450. The Morgan fingerprint density at radius 1 is 0.385 bits per heavy atom. The summed E-state index contributed by atoms with van der Waals surface area (Å²) < 4.78 is 5.62. The van der Waals surface area contributed by atoms with Gasteiger partial charge in [-0.2, -0.15) is 0 Å². The van der Waals surface area contributed by atoms with E-state index in [4.69, 9.17) is 69.6 Å². The van der Waals surface area contributed by atoms with Crippen LogP contribution in [0.5, 0.6) is 17.2 Å². The second-order valence-electron chi connectivity index (χ2n) is 19.2. The first-order valence-electron chi connectivity index (χ1n) is 25.6. The zero-order valence-corrected chi connectivity index (χ0v) is 48.9. The van der Waals surface area contributed by atoms with Crippen LogP contribution in [0.1, 0.15) is 93.5 Å². The van der Waals surface area contributed by atoms with E-state index in [0.717, 1.165) is 79.5 Å². The normalized spacial score (nSPS) is 11.6. The highest BCUT2D eigenvalue weighted by molar-refractivity contribution is 6.41. The number of aromatic nitrogens is 12. The molecule has 0 radical (unpaired) electrons. The van der Waals surface area contributed by atoms with Crippen LogP contribution in [0.3, 0.4) is 0 Å². The van der Waals surface area contributed by atoms with Crippen LogP contribution in [0.2, 0.25) is 30.1 Å². The summed E-state index contributed by atoms with van der Waals surface area (Å²) in [5.41, 5.74) is 6.43. The van der Waals surface area contributed by atoms with Gasteiger partial charge in [0.25, 0.3) is 0 Å². The Kier molecular flexibility index (Phi) is 21.9. The van der Waals surface area contributed by atoms with Crippen molar-refractivity contribution in [3.05, 3.63) is 137 Å². The second kappa shape index (κ2) is 28.5. The molecule has 0 atom stereocenters. The molecule has 0 aliphatic carbocycles. The van der Waals surface area contributed by atoms with E-state index in [9.17, 15) is 15.3 Å². The molecule has 6 heterocycles. The SMILES string of the molecule is CCCCCn1cc(CN(C)Cc2ccc3c(Cl)cc(Cl)c(O)c3n2)nn1.CCCCn1cc(CN(C)Cc2ccc3c(Cl)cc(Cl)c(O)c3n2)nn1.CCCn1cc(CN(C)Cc2ccc3c(Cl)cc(Cl)c(O)c3n2)nn1. The van der Waals surface area contributed by atoms with Crippen LogP contribution in [-0.2, 0) is 58.9 Å². The number of phenolic OH excluding ortho intramolecular Hbond substituents is 3. The summed E-state index contributed by atoms with van der Waals surface area (Å²) in [4.78, 5) is 19.8. The third kappa shape index (κ3) is 16.2. The van der Waals surface area contributed by atoms with Crippen LogP contribution in [0.15, 0.2) is 73.2 Å². The average Bonchev–Trinajstić information content (AvgIpc) is 4.25. The minimum atomic E-state index is -0.0481. The molecule has 9 aromatic rings. The number of fused-ring (bicyclic) bond motifs is 3. The number of hydrogen-bond donors (Lipinski definition) is 3. The fourth-order valence-corrected chi connectivity index (χ4v) is 10.0. The molecule has 3 N–H and O–H groups in total. The molecular weight excluding hydrogens is 1120 g/mol. The highest BCUT2D eigenvalue weighted by Crippen LogP contribution is 2.39. The maximum Gasteiger partial charge on any atom is 0.160 e. The van der Waals surface area contributed by atoms with E-state index in [1.807, 2.05) is 90.2 Å². The predicted molar refractivity (Wildman–Crippen MR) is 311 cm³/mol. The van der Waals surface area contributed by atoms with Crippen LogP contribution in [0, 0.1) is 0 Å². The highest BCUT2D eigenvalue weighted by atomic mass is 35.5. The third-order valence-corrected chi connectivity index (χ3v) is 14.1. The minimum absolute atomic E-state index is 0.0457. The van der Waals surface area contributed by atoms with Gasteiger partial charge in [-0.05, 0) is 95.0 Å². The van der Waals surface area contributed by atoms with Crippen molar-refractivity contribution in [3.63, 3.8) is 0 Å². The summed E-state index contributed by atoms with van der Waals surface area (Å²) in [7, 11) is 5.96. The number of benzene rings is 3. The number of rotatable bonds is 21. The van der Waals surface area contributed by atoms with E-state index < -0.39 is 0 Å². The summed E-state index contributed by atoms with van der Waals surface area (Å²) in [6.45, 7) is 12.9. The molecular formula is C54H63Cl6N15O3. The lowest BCUT2D eigenvalue weighted by molar-refractivity contribution is 0.311. The Morgan fingerprint density at radius 2 is 0.692 bits per heavy atom. The lowest BCUT2D eigenvalue weighted by Gasteiger charge is -2.15. The van der Waals surface area contributed by atoms with Crippen LogP contribution in [0.25, 0.3) is 32.7 Å². The molecule has 3 aromatic carbocycles. The lowest BCUT2D eigenvalue weighted by atomic mass is 10.2. The largest absolute Gasteiger partial charge is 0.504 e. The van der Waals surface area contributed by atoms with Gasteiger partial charge in [-0.3, -0.25) is 28.7 Å². The highest BCUT2D eigenvalue weighted by Gasteiger charge is 2.17. The van der Waals surface area contributed by atoms with Gasteiger partial charge in [-0.25, -0.2) is 15.0 Å². The smallest absolute Gasteiger partial charge is 0.160 e. The Labute approximate surface area is 483 Å². The first-order chi connectivity index (χ1) is 37.4. The Morgan fingerprint density at radius 3 is 1.01 bits per heavy atom. The summed E-state index contributed by atoms with van der Waals surface area (Å²) >= 11 is 36.5. The number of aromatic hydroxyl groups is 3. The van der Waals surface area contributed by atoms with Gasteiger partial charge in [-0.1, -0.05) is 125 Å². The fourth-order valence-electron chi connectivity index (χ4n) is 8.45. The number of aryl methyl sites for hydroxylation is 3. The molecule has 414 valence electrons. The summed E-state index contributed by atoms with van der Waals surface area (Å²) in [5.74, 6) is -0.141. The van der Waals surface area contributed by atoms with E-state index in [-0.39, 0.29) is 32.3 Å². The molecule has 0 spiro atoms. The second-order valence-corrected chi connectivity index (χ2v) is 21.6. The van der Waals surface area contributed by atoms with Crippen molar-refractivity contribution < 1.29 is 15.3 Å². The molecule has 0 amide bonds. The zero-order chi connectivity index (χ0) is 56.0. The third-order valence-electron chi connectivity index (χ3n) is 12.3. The van der Waals surface area contributed by atoms with Crippen LogP contribution >= 0.6 is 69.6 Å². The van der Waals surface area contributed by atoms with Gasteiger partial charge in [0, 0.05) is 93.7 Å². The number of pyridine rings is 3. The Balaban J connectivity index is 0.000000170. The van der Waals surface area contributed by atoms with Crippen molar-refractivity contribution in [3.8, 4) is 17.2 Å². The van der Waals surface area contributed by atoms with Crippen molar-refractivity contribution in [2.45, 2.75) is 118 Å². The van der Waals surface area contributed by atoms with E-state index >= 15 is 0 Å². The molecule has 0 unspecified atom stereocenters. The Hall–Kier alpha value is -5.67. The van der Waals surface area contributed by atoms with Crippen LogP contribution in [0.4, 0.5) is 0 Å². The van der Waals surface area contributed by atoms with Crippen molar-refractivity contribution in [1.29, 1.82) is 0 Å². The van der Waals surface area contributed by atoms with E-state index in [2.05, 4.69) is 81.4 Å². The van der Waals surface area contributed by atoms with Gasteiger partial charge >= 0.3 is 0 Å². The molecule has 24 heteroatoms. The molecule has 0 bridgehead atoms. The summed E-state index contributed by atoms with van der Waals surface area (Å²) in [5, 5.41) is 59.6.